The minimum atomic E-state index is -1.42. The van der Waals surface area contributed by atoms with Gasteiger partial charge in [0.1, 0.15) is 24.4 Å². The number of hydrogen-bond donors (Lipinski definition) is 5. The molecule has 0 aromatic carbocycles. The van der Waals surface area contributed by atoms with Crippen LogP contribution in [0.3, 0.4) is 0 Å². The molecule has 5 atom stereocenters. The highest BCUT2D eigenvalue weighted by atomic mass is 16.7. The standard InChI is InChI=1S/C15H31NO6/c1-14(2,7-16)6-15(3,4)8-21-13-12(20)11(19)10(18)9(5-17)22-13/h9-13,17-20H,5-8,16H2,1-4H3. The van der Waals surface area contributed by atoms with E-state index in [9.17, 15) is 15.3 Å². The van der Waals surface area contributed by atoms with Gasteiger partial charge in [-0.15, -0.1) is 0 Å². The summed E-state index contributed by atoms with van der Waals surface area (Å²) >= 11 is 0. The number of nitrogens with two attached hydrogens (primary N) is 1. The van der Waals surface area contributed by atoms with E-state index in [0.717, 1.165) is 6.42 Å². The van der Waals surface area contributed by atoms with Crippen LogP contribution in [0.1, 0.15) is 34.1 Å². The molecule has 1 rings (SSSR count). The molecule has 0 spiro atoms. The van der Waals surface area contributed by atoms with Crippen LogP contribution in [0.4, 0.5) is 0 Å². The van der Waals surface area contributed by atoms with Crippen LogP contribution in [0, 0.1) is 10.8 Å². The Labute approximate surface area is 132 Å². The van der Waals surface area contributed by atoms with Gasteiger partial charge in [-0.05, 0) is 23.8 Å². The summed E-state index contributed by atoms with van der Waals surface area (Å²) in [7, 11) is 0. The molecule has 1 heterocycles. The van der Waals surface area contributed by atoms with E-state index in [0.29, 0.717) is 13.2 Å². The number of hydrogen-bond acceptors (Lipinski definition) is 7. The monoisotopic (exact) mass is 321 g/mol. The van der Waals surface area contributed by atoms with E-state index in [1.165, 1.54) is 0 Å². The van der Waals surface area contributed by atoms with Gasteiger partial charge >= 0.3 is 0 Å². The SMILES string of the molecule is CC(C)(CN)CC(C)(C)COC1OC(CO)C(O)C(O)C1O. The van der Waals surface area contributed by atoms with Crippen molar-refractivity contribution in [3.05, 3.63) is 0 Å². The van der Waals surface area contributed by atoms with Crippen LogP contribution in [0.5, 0.6) is 0 Å². The van der Waals surface area contributed by atoms with Crippen molar-refractivity contribution in [2.75, 3.05) is 19.8 Å². The third-order valence-electron chi connectivity index (χ3n) is 4.00. The lowest BCUT2D eigenvalue weighted by atomic mass is 9.75. The Kier molecular flexibility index (Phi) is 6.76. The molecule has 0 amide bonds. The maximum Gasteiger partial charge on any atom is 0.186 e. The lowest BCUT2D eigenvalue weighted by Crippen LogP contribution is -2.59. The van der Waals surface area contributed by atoms with Crippen LogP contribution >= 0.6 is 0 Å². The molecule has 1 fully saturated rings. The average molecular weight is 321 g/mol. The largest absolute Gasteiger partial charge is 0.394 e. The third kappa shape index (κ3) is 5.13. The Morgan fingerprint density at radius 1 is 1.00 bits per heavy atom. The van der Waals surface area contributed by atoms with Gasteiger partial charge < -0.3 is 35.6 Å². The third-order valence-corrected chi connectivity index (χ3v) is 4.00. The number of aliphatic hydroxyl groups is 4. The lowest BCUT2D eigenvalue weighted by Gasteiger charge is -2.41. The van der Waals surface area contributed by atoms with Gasteiger partial charge in [0.15, 0.2) is 6.29 Å². The average Bonchev–Trinajstić information content (AvgIpc) is 2.43. The van der Waals surface area contributed by atoms with E-state index in [1.54, 1.807) is 0 Å². The highest BCUT2D eigenvalue weighted by molar-refractivity contribution is 4.89. The molecule has 0 aromatic heterocycles. The molecule has 0 bridgehead atoms. The Hall–Kier alpha value is -0.280. The van der Waals surface area contributed by atoms with Gasteiger partial charge in [0.2, 0.25) is 0 Å². The van der Waals surface area contributed by atoms with Crippen LogP contribution in [-0.2, 0) is 9.47 Å². The van der Waals surface area contributed by atoms with Crippen molar-refractivity contribution < 1.29 is 29.9 Å². The first-order valence-corrected chi connectivity index (χ1v) is 7.65. The summed E-state index contributed by atoms with van der Waals surface area (Å²) in [4.78, 5) is 0. The minimum Gasteiger partial charge on any atom is -0.394 e. The van der Waals surface area contributed by atoms with Crippen LogP contribution in [0.15, 0.2) is 0 Å². The molecule has 1 aliphatic rings. The van der Waals surface area contributed by atoms with Gasteiger partial charge in [-0.2, -0.15) is 0 Å². The Morgan fingerprint density at radius 2 is 1.59 bits per heavy atom. The number of rotatable bonds is 7. The van der Waals surface area contributed by atoms with E-state index >= 15 is 0 Å². The van der Waals surface area contributed by atoms with E-state index < -0.39 is 37.3 Å². The Bertz CT molecular complexity index is 347. The molecular weight excluding hydrogens is 290 g/mol. The first-order chi connectivity index (χ1) is 10.0. The molecule has 0 aromatic rings. The van der Waals surface area contributed by atoms with Crippen LogP contribution < -0.4 is 5.73 Å². The Morgan fingerprint density at radius 3 is 2.09 bits per heavy atom. The van der Waals surface area contributed by atoms with E-state index in [-0.39, 0.29) is 10.8 Å². The maximum atomic E-state index is 9.94. The molecule has 1 aliphatic heterocycles. The van der Waals surface area contributed by atoms with E-state index in [2.05, 4.69) is 13.8 Å². The van der Waals surface area contributed by atoms with Gasteiger partial charge in [0.05, 0.1) is 13.2 Å². The van der Waals surface area contributed by atoms with Crippen molar-refractivity contribution >= 4 is 0 Å². The second kappa shape index (κ2) is 7.53. The van der Waals surface area contributed by atoms with Crippen LogP contribution in [0.25, 0.3) is 0 Å². The van der Waals surface area contributed by atoms with Gasteiger partial charge in [-0.3, -0.25) is 0 Å². The summed E-state index contributed by atoms with van der Waals surface area (Å²) < 4.78 is 10.9. The Balaban J connectivity index is 2.62. The van der Waals surface area contributed by atoms with Gasteiger partial charge in [0.25, 0.3) is 0 Å². The van der Waals surface area contributed by atoms with Crippen molar-refractivity contribution in [1.82, 2.24) is 0 Å². The molecule has 0 radical (unpaired) electrons. The van der Waals surface area contributed by atoms with Gasteiger partial charge in [-0.1, -0.05) is 27.7 Å². The van der Waals surface area contributed by atoms with Crippen molar-refractivity contribution in [2.24, 2.45) is 16.6 Å². The second-order valence-corrected chi connectivity index (χ2v) is 7.72. The van der Waals surface area contributed by atoms with E-state index in [1.807, 2.05) is 13.8 Å². The molecule has 22 heavy (non-hydrogen) atoms. The molecule has 0 saturated carbocycles. The zero-order valence-corrected chi connectivity index (χ0v) is 13.9. The fourth-order valence-electron chi connectivity index (χ4n) is 2.93. The lowest BCUT2D eigenvalue weighted by molar-refractivity contribution is -0.306. The second-order valence-electron chi connectivity index (χ2n) is 7.72. The highest BCUT2D eigenvalue weighted by Crippen LogP contribution is 2.34. The fraction of sp³-hybridized carbons (Fsp3) is 1.00. The maximum absolute atomic E-state index is 9.94. The first-order valence-electron chi connectivity index (χ1n) is 7.65. The fourth-order valence-corrected chi connectivity index (χ4v) is 2.93. The number of ether oxygens (including phenoxy) is 2. The zero-order valence-electron chi connectivity index (χ0n) is 13.9. The summed E-state index contributed by atoms with van der Waals surface area (Å²) in [5.74, 6) is 0. The summed E-state index contributed by atoms with van der Waals surface area (Å²) in [6, 6.07) is 0. The van der Waals surface area contributed by atoms with Crippen LogP contribution in [0.2, 0.25) is 0 Å². The van der Waals surface area contributed by atoms with Crippen LogP contribution in [-0.4, -0.2) is 70.9 Å². The summed E-state index contributed by atoms with van der Waals surface area (Å²) in [5, 5.41) is 38.5. The van der Waals surface area contributed by atoms with Crippen molar-refractivity contribution in [3.8, 4) is 0 Å². The quantitative estimate of drug-likeness (QED) is 0.416. The molecular formula is C15H31NO6. The molecule has 7 heteroatoms. The normalized spacial score (nSPS) is 34.0. The van der Waals surface area contributed by atoms with Crippen molar-refractivity contribution in [2.45, 2.75) is 64.8 Å². The number of aliphatic hydroxyl groups excluding tert-OH is 4. The highest BCUT2D eigenvalue weighted by Gasteiger charge is 2.44. The molecule has 132 valence electrons. The molecule has 0 aliphatic carbocycles. The predicted molar refractivity (Wildman–Crippen MR) is 81.0 cm³/mol. The molecule has 6 N–H and O–H groups in total. The molecule has 7 nitrogen and oxygen atoms in total. The van der Waals surface area contributed by atoms with Crippen molar-refractivity contribution in [3.63, 3.8) is 0 Å². The summed E-state index contributed by atoms with van der Waals surface area (Å²) in [6.07, 6.45) is -5.38. The smallest absolute Gasteiger partial charge is 0.186 e. The topological polar surface area (TPSA) is 125 Å². The summed E-state index contributed by atoms with van der Waals surface area (Å²) in [6.45, 7) is 8.57. The van der Waals surface area contributed by atoms with E-state index in [4.69, 9.17) is 20.3 Å². The zero-order chi connectivity index (χ0) is 17.1. The predicted octanol–water partition coefficient (Wildman–Crippen LogP) is -0.796. The van der Waals surface area contributed by atoms with Crippen molar-refractivity contribution in [1.29, 1.82) is 0 Å². The van der Waals surface area contributed by atoms with Gasteiger partial charge in [-0.25, -0.2) is 0 Å². The minimum absolute atomic E-state index is 0.0394. The molecule has 5 unspecified atom stereocenters. The first kappa shape index (κ1) is 19.8. The molecule has 1 saturated heterocycles. The van der Waals surface area contributed by atoms with Gasteiger partial charge in [0, 0.05) is 0 Å². The summed E-state index contributed by atoms with van der Waals surface area (Å²) in [5.41, 5.74) is 5.50.